The smallest absolute Gasteiger partial charge is 0.276 e. The molecule has 1 aliphatic rings. The first-order valence-corrected chi connectivity index (χ1v) is 7.75. The van der Waals surface area contributed by atoms with Crippen LogP contribution in [-0.4, -0.2) is 29.1 Å². The molecule has 1 fully saturated rings. The van der Waals surface area contributed by atoms with E-state index >= 15 is 0 Å². The fourth-order valence-electron chi connectivity index (χ4n) is 2.82. The van der Waals surface area contributed by atoms with Gasteiger partial charge >= 0.3 is 0 Å². The highest BCUT2D eigenvalue weighted by atomic mass is 16.5. The lowest BCUT2D eigenvalue weighted by atomic mass is 9.89. The first-order chi connectivity index (χ1) is 9.49. The molecule has 1 aromatic heterocycles. The molecule has 0 N–H and O–H groups in total. The van der Waals surface area contributed by atoms with Crippen molar-refractivity contribution in [1.29, 1.82) is 0 Å². The molecule has 2 rings (SSSR count). The number of carbonyl (C=O) groups is 1. The van der Waals surface area contributed by atoms with Crippen molar-refractivity contribution in [2.75, 3.05) is 13.1 Å². The van der Waals surface area contributed by atoms with E-state index in [-0.39, 0.29) is 11.8 Å². The van der Waals surface area contributed by atoms with Crippen molar-refractivity contribution in [2.24, 2.45) is 11.8 Å². The van der Waals surface area contributed by atoms with Crippen LogP contribution in [0.2, 0.25) is 0 Å². The van der Waals surface area contributed by atoms with Crippen molar-refractivity contribution in [2.45, 2.75) is 52.9 Å². The van der Waals surface area contributed by atoms with Crippen LogP contribution < -0.4 is 0 Å². The van der Waals surface area contributed by atoms with Crippen LogP contribution in [0.5, 0.6) is 0 Å². The Hall–Kier alpha value is -1.32. The average molecular weight is 278 g/mol. The van der Waals surface area contributed by atoms with Crippen molar-refractivity contribution in [3.05, 3.63) is 17.5 Å². The molecular weight excluding hydrogens is 252 g/mol. The Bertz CT molecular complexity index is 451. The van der Waals surface area contributed by atoms with Gasteiger partial charge in [-0.3, -0.25) is 4.79 Å². The third-order valence-corrected chi connectivity index (χ3v) is 4.32. The van der Waals surface area contributed by atoms with Gasteiger partial charge < -0.3 is 9.42 Å². The topological polar surface area (TPSA) is 46.3 Å². The largest absolute Gasteiger partial charge is 0.360 e. The molecule has 0 radical (unpaired) electrons. The average Bonchev–Trinajstić information content (AvgIpc) is 2.76. The van der Waals surface area contributed by atoms with E-state index in [0.717, 1.165) is 37.6 Å². The van der Waals surface area contributed by atoms with Crippen LogP contribution >= 0.6 is 0 Å². The van der Waals surface area contributed by atoms with E-state index < -0.39 is 0 Å². The maximum Gasteiger partial charge on any atom is 0.276 e. The summed E-state index contributed by atoms with van der Waals surface area (Å²) in [5.41, 5.74) is 0.455. The SMILES string of the molecule is CC(C)c1cc(C(=O)N2CCCC(C(C)C)CC2)no1. The van der Waals surface area contributed by atoms with Crippen molar-refractivity contribution >= 4 is 5.91 Å². The van der Waals surface area contributed by atoms with E-state index in [2.05, 4.69) is 19.0 Å². The molecule has 1 aromatic rings. The number of nitrogens with zero attached hydrogens (tertiary/aromatic N) is 2. The van der Waals surface area contributed by atoms with E-state index in [9.17, 15) is 4.79 Å². The van der Waals surface area contributed by atoms with Gasteiger partial charge in [-0.25, -0.2) is 0 Å². The van der Waals surface area contributed by atoms with E-state index in [1.54, 1.807) is 6.07 Å². The number of rotatable bonds is 3. The Balaban J connectivity index is 2.01. The number of hydrogen-bond acceptors (Lipinski definition) is 3. The lowest BCUT2D eigenvalue weighted by Crippen LogP contribution is -2.32. The third kappa shape index (κ3) is 3.41. The first kappa shape index (κ1) is 15.1. The molecule has 2 heterocycles. The summed E-state index contributed by atoms with van der Waals surface area (Å²) in [5.74, 6) is 2.49. The van der Waals surface area contributed by atoms with Gasteiger partial charge in [0.1, 0.15) is 5.76 Å². The second-order valence-electron chi connectivity index (χ2n) is 6.50. The van der Waals surface area contributed by atoms with E-state index in [0.29, 0.717) is 11.6 Å². The van der Waals surface area contributed by atoms with Gasteiger partial charge in [0, 0.05) is 25.1 Å². The fourth-order valence-corrected chi connectivity index (χ4v) is 2.82. The Morgan fingerprint density at radius 1 is 1.30 bits per heavy atom. The molecular formula is C16H26N2O2. The van der Waals surface area contributed by atoms with Gasteiger partial charge in [-0.15, -0.1) is 0 Å². The molecule has 1 amide bonds. The lowest BCUT2D eigenvalue weighted by Gasteiger charge is -2.20. The molecule has 1 unspecified atom stereocenters. The minimum Gasteiger partial charge on any atom is -0.360 e. The lowest BCUT2D eigenvalue weighted by molar-refractivity contribution is 0.0748. The highest BCUT2D eigenvalue weighted by Crippen LogP contribution is 2.25. The number of amides is 1. The second kappa shape index (κ2) is 6.42. The Labute approximate surface area is 121 Å². The molecule has 112 valence electrons. The highest BCUT2D eigenvalue weighted by molar-refractivity contribution is 5.92. The standard InChI is InChI=1S/C16H26N2O2/c1-11(2)13-6-5-8-18(9-7-13)16(19)14-10-15(12(3)4)20-17-14/h10-13H,5-9H2,1-4H3. The number of likely N-dealkylation sites (tertiary alicyclic amines) is 1. The quantitative estimate of drug-likeness (QED) is 0.847. The zero-order valence-corrected chi connectivity index (χ0v) is 13.1. The molecule has 0 bridgehead atoms. The normalized spacial score (nSPS) is 20.5. The molecule has 1 aliphatic heterocycles. The minimum absolute atomic E-state index is 0.0186. The summed E-state index contributed by atoms with van der Waals surface area (Å²) >= 11 is 0. The van der Waals surface area contributed by atoms with Crippen LogP contribution in [0.1, 0.15) is 69.1 Å². The molecule has 0 aromatic carbocycles. The Morgan fingerprint density at radius 3 is 2.65 bits per heavy atom. The highest BCUT2D eigenvalue weighted by Gasteiger charge is 2.25. The van der Waals surface area contributed by atoms with E-state index in [4.69, 9.17) is 4.52 Å². The first-order valence-electron chi connectivity index (χ1n) is 7.75. The van der Waals surface area contributed by atoms with Gasteiger partial charge in [0.15, 0.2) is 5.69 Å². The fraction of sp³-hybridized carbons (Fsp3) is 0.750. The Morgan fingerprint density at radius 2 is 2.05 bits per heavy atom. The van der Waals surface area contributed by atoms with Crippen LogP contribution in [-0.2, 0) is 0 Å². The molecule has 0 aliphatic carbocycles. The number of carbonyl (C=O) groups excluding carboxylic acids is 1. The molecule has 1 saturated heterocycles. The summed E-state index contributed by atoms with van der Waals surface area (Å²) in [5, 5.41) is 3.93. The van der Waals surface area contributed by atoms with Gasteiger partial charge in [-0.05, 0) is 31.1 Å². The zero-order valence-electron chi connectivity index (χ0n) is 13.1. The second-order valence-corrected chi connectivity index (χ2v) is 6.50. The maximum atomic E-state index is 12.5. The van der Waals surface area contributed by atoms with Crippen molar-refractivity contribution in [1.82, 2.24) is 10.1 Å². The molecule has 0 saturated carbocycles. The maximum absolute atomic E-state index is 12.5. The summed E-state index contributed by atoms with van der Waals surface area (Å²) in [7, 11) is 0. The van der Waals surface area contributed by atoms with E-state index in [1.807, 2.05) is 18.7 Å². The summed E-state index contributed by atoms with van der Waals surface area (Å²) in [4.78, 5) is 14.4. The predicted molar refractivity (Wildman–Crippen MR) is 78.7 cm³/mol. The Kier molecular flexibility index (Phi) is 4.84. The summed E-state index contributed by atoms with van der Waals surface area (Å²) in [6, 6.07) is 1.79. The zero-order chi connectivity index (χ0) is 14.7. The molecule has 4 nitrogen and oxygen atoms in total. The van der Waals surface area contributed by atoms with Gasteiger partial charge in [0.2, 0.25) is 0 Å². The van der Waals surface area contributed by atoms with Crippen LogP contribution in [0.15, 0.2) is 10.6 Å². The van der Waals surface area contributed by atoms with Crippen molar-refractivity contribution < 1.29 is 9.32 Å². The van der Waals surface area contributed by atoms with Gasteiger partial charge in [-0.1, -0.05) is 32.9 Å². The van der Waals surface area contributed by atoms with Crippen LogP contribution in [0.25, 0.3) is 0 Å². The molecule has 0 spiro atoms. The summed E-state index contributed by atoms with van der Waals surface area (Å²) in [6.45, 7) is 10.3. The molecule has 1 atom stereocenters. The minimum atomic E-state index is 0.0186. The predicted octanol–water partition coefficient (Wildman–Crippen LogP) is 3.70. The van der Waals surface area contributed by atoms with E-state index in [1.165, 1.54) is 6.42 Å². The van der Waals surface area contributed by atoms with Crippen LogP contribution in [0.3, 0.4) is 0 Å². The van der Waals surface area contributed by atoms with Gasteiger partial charge in [0.25, 0.3) is 5.91 Å². The number of hydrogen-bond donors (Lipinski definition) is 0. The number of aromatic nitrogens is 1. The van der Waals surface area contributed by atoms with Crippen LogP contribution in [0.4, 0.5) is 0 Å². The van der Waals surface area contributed by atoms with Crippen molar-refractivity contribution in [3.63, 3.8) is 0 Å². The monoisotopic (exact) mass is 278 g/mol. The van der Waals surface area contributed by atoms with Gasteiger partial charge in [0.05, 0.1) is 0 Å². The molecule has 20 heavy (non-hydrogen) atoms. The third-order valence-electron chi connectivity index (χ3n) is 4.32. The summed E-state index contributed by atoms with van der Waals surface area (Å²) < 4.78 is 5.23. The van der Waals surface area contributed by atoms with Gasteiger partial charge in [-0.2, -0.15) is 0 Å². The summed E-state index contributed by atoms with van der Waals surface area (Å²) in [6.07, 6.45) is 3.40. The van der Waals surface area contributed by atoms with Crippen molar-refractivity contribution in [3.8, 4) is 0 Å². The molecule has 4 heteroatoms. The van der Waals surface area contributed by atoms with Crippen LogP contribution in [0, 0.1) is 11.8 Å².